The molecule has 5 nitrogen and oxygen atoms in total. The SMILES string of the molecule is COc1c(-c2cc(Cl)cs2)cccc1C1(C)OC(=O)C(O)=C1O. The van der Waals surface area contributed by atoms with Crippen LogP contribution in [0.15, 0.2) is 41.2 Å². The minimum absolute atomic E-state index is 0.428. The van der Waals surface area contributed by atoms with Crippen LogP contribution in [0, 0.1) is 0 Å². The van der Waals surface area contributed by atoms with Gasteiger partial charge in [0.25, 0.3) is 0 Å². The van der Waals surface area contributed by atoms with Crippen LogP contribution < -0.4 is 4.74 Å². The quantitative estimate of drug-likeness (QED) is 0.810. The number of rotatable bonds is 3. The van der Waals surface area contributed by atoms with Crippen molar-refractivity contribution < 1.29 is 24.5 Å². The highest BCUT2D eigenvalue weighted by Crippen LogP contribution is 2.47. The molecule has 3 rings (SSSR count). The van der Waals surface area contributed by atoms with Crippen molar-refractivity contribution in [3.05, 3.63) is 51.7 Å². The van der Waals surface area contributed by atoms with Gasteiger partial charge in [-0.25, -0.2) is 4.79 Å². The van der Waals surface area contributed by atoms with Crippen molar-refractivity contribution in [2.24, 2.45) is 0 Å². The first-order valence-corrected chi connectivity index (χ1v) is 7.92. The molecule has 1 unspecified atom stereocenters. The van der Waals surface area contributed by atoms with E-state index in [0.29, 0.717) is 16.3 Å². The zero-order valence-corrected chi connectivity index (χ0v) is 13.9. The molecule has 1 atom stereocenters. The van der Waals surface area contributed by atoms with Crippen LogP contribution in [0.3, 0.4) is 0 Å². The van der Waals surface area contributed by atoms with E-state index >= 15 is 0 Å². The number of benzene rings is 1. The molecule has 0 aliphatic carbocycles. The van der Waals surface area contributed by atoms with E-state index < -0.39 is 23.1 Å². The third kappa shape index (κ3) is 2.34. The van der Waals surface area contributed by atoms with Crippen LogP contribution >= 0.6 is 22.9 Å². The molecular weight excluding hydrogens is 340 g/mol. The summed E-state index contributed by atoms with van der Waals surface area (Å²) in [5.41, 5.74) is -0.334. The summed E-state index contributed by atoms with van der Waals surface area (Å²) in [7, 11) is 1.48. The number of carbonyl (C=O) groups excluding carboxylic acids is 1. The molecule has 0 saturated carbocycles. The fourth-order valence-corrected chi connectivity index (χ4v) is 3.67. The van der Waals surface area contributed by atoms with Gasteiger partial charge in [0.15, 0.2) is 11.4 Å². The molecule has 2 heterocycles. The topological polar surface area (TPSA) is 76.0 Å². The predicted molar refractivity (Wildman–Crippen MR) is 87.0 cm³/mol. The lowest BCUT2D eigenvalue weighted by molar-refractivity contribution is -0.149. The zero-order valence-electron chi connectivity index (χ0n) is 12.3. The summed E-state index contributed by atoms with van der Waals surface area (Å²) in [6, 6.07) is 7.05. The second-order valence-corrected chi connectivity index (χ2v) is 6.48. The Morgan fingerprint density at radius 1 is 1.35 bits per heavy atom. The van der Waals surface area contributed by atoms with Gasteiger partial charge >= 0.3 is 5.97 Å². The van der Waals surface area contributed by atoms with Crippen LogP contribution in [0.1, 0.15) is 12.5 Å². The molecule has 1 aromatic heterocycles. The molecule has 2 aromatic rings. The Balaban J connectivity index is 2.20. The first-order valence-electron chi connectivity index (χ1n) is 6.66. The van der Waals surface area contributed by atoms with Gasteiger partial charge < -0.3 is 19.7 Å². The Bertz CT molecular complexity index is 826. The molecule has 0 radical (unpaired) electrons. The second kappa shape index (κ2) is 5.47. The third-order valence-corrected chi connectivity index (χ3v) is 5.04. The molecule has 0 bridgehead atoms. The van der Waals surface area contributed by atoms with Crippen LogP contribution in [-0.2, 0) is 15.1 Å². The molecule has 7 heteroatoms. The summed E-state index contributed by atoms with van der Waals surface area (Å²) in [4.78, 5) is 12.5. The Morgan fingerprint density at radius 2 is 2.09 bits per heavy atom. The maximum atomic E-state index is 11.6. The van der Waals surface area contributed by atoms with Gasteiger partial charge in [-0.15, -0.1) is 11.3 Å². The van der Waals surface area contributed by atoms with Crippen molar-refractivity contribution in [2.75, 3.05) is 7.11 Å². The number of hydrogen-bond acceptors (Lipinski definition) is 6. The fourth-order valence-electron chi connectivity index (χ4n) is 2.57. The molecule has 0 amide bonds. The van der Waals surface area contributed by atoms with E-state index in [0.717, 1.165) is 10.4 Å². The number of aliphatic hydroxyl groups is 2. The maximum absolute atomic E-state index is 11.6. The van der Waals surface area contributed by atoms with Crippen molar-refractivity contribution >= 4 is 28.9 Å². The third-order valence-electron chi connectivity index (χ3n) is 3.73. The van der Waals surface area contributed by atoms with Crippen LogP contribution in [0.25, 0.3) is 10.4 Å². The van der Waals surface area contributed by atoms with Gasteiger partial charge in [-0.3, -0.25) is 0 Å². The number of ether oxygens (including phenoxy) is 2. The summed E-state index contributed by atoms with van der Waals surface area (Å²) in [6.07, 6.45) is 0. The van der Waals surface area contributed by atoms with Crippen LogP contribution in [-0.4, -0.2) is 23.3 Å². The molecule has 2 N–H and O–H groups in total. The van der Waals surface area contributed by atoms with Crippen LogP contribution in [0.4, 0.5) is 0 Å². The van der Waals surface area contributed by atoms with Gasteiger partial charge in [0.1, 0.15) is 5.75 Å². The smallest absolute Gasteiger partial charge is 0.378 e. The van der Waals surface area contributed by atoms with Crippen molar-refractivity contribution in [1.29, 1.82) is 0 Å². The van der Waals surface area contributed by atoms with E-state index in [-0.39, 0.29) is 0 Å². The van der Waals surface area contributed by atoms with E-state index in [9.17, 15) is 15.0 Å². The number of esters is 1. The average molecular weight is 353 g/mol. The second-order valence-electron chi connectivity index (χ2n) is 5.14. The number of halogens is 1. The molecule has 0 spiro atoms. The van der Waals surface area contributed by atoms with Crippen molar-refractivity contribution in [3.8, 4) is 16.2 Å². The summed E-state index contributed by atoms with van der Waals surface area (Å²) in [5.74, 6) is -1.87. The predicted octanol–water partition coefficient (Wildman–Crippen LogP) is 4.18. The lowest BCUT2D eigenvalue weighted by Crippen LogP contribution is -2.26. The Hall–Kier alpha value is -2.18. The monoisotopic (exact) mass is 352 g/mol. The normalized spacial score (nSPS) is 20.7. The van der Waals surface area contributed by atoms with E-state index in [4.69, 9.17) is 21.1 Å². The van der Waals surface area contributed by atoms with Crippen molar-refractivity contribution in [2.45, 2.75) is 12.5 Å². The minimum Gasteiger partial charge on any atom is -0.505 e. The van der Waals surface area contributed by atoms with Crippen LogP contribution in [0.2, 0.25) is 5.02 Å². The standard InChI is InChI=1S/C16H13ClO5S/c1-16(14(19)12(18)15(20)22-16)10-5-3-4-9(13(10)21-2)11-6-8(17)7-23-11/h3-7,18-19H,1-2H3. The molecule has 23 heavy (non-hydrogen) atoms. The first kappa shape index (κ1) is 15.7. The Kier molecular flexibility index (Phi) is 3.74. The van der Waals surface area contributed by atoms with Gasteiger partial charge in [-0.1, -0.05) is 23.7 Å². The summed E-state index contributed by atoms with van der Waals surface area (Å²) < 4.78 is 10.7. The van der Waals surface area contributed by atoms with Gasteiger partial charge in [0.2, 0.25) is 5.76 Å². The lowest BCUT2D eigenvalue weighted by Gasteiger charge is -2.26. The average Bonchev–Trinajstić information content (AvgIpc) is 3.05. The van der Waals surface area contributed by atoms with E-state index in [2.05, 4.69) is 0 Å². The Labute approximate surface area is 141 Å². The maximum Gasteiger partial charge on any atom is 0.378 e. The molecule has 0 fully saturated rings. The van der Waals surface area contributed by atoms with E-state index in [1.807, 2.05) is 6.07 Å². The van der Waals surface area contributed by atoms with Crippen molar-refractivity contribution in [1.82, 2.24) is 0 Å². The number of cyclic esters (lactones) is 1. The molecular formula is C16H13ClO5S. The number of thiophene rings is 1. The number of hydrogen-bond donors (Lipinski definition) is 2. The zero-order chi connectivity index (χ0) is 16.8. The molecule has 1 aliphatic heterocycles. The summed E-state index contributed by atoms with van der Waals surface area (Å²) in [6.45, 7) is 1.49. The minimum atomic E-state index is -1.51. The number of carbonyl (C=O) groups is 1. The van der Waals surface area contributed by atoms with Gasteiger partial charge in [-0.2, -0.15) is 0 Å². The number of para-hydroxylation sites is 1. The Morgan fingerprint density at radius 3 is 2.61 bits per heavy atom. The number of aliphatic hydroxyl groups excluding tert-OH is 2. The molecule has 1 aromatic carbocycles. The number of methoxy groups -OCH3 is 1. The first-order chi connectivity index (χ1) is 10.9. The van der Waals surface area contributed by atoms with E-state index in [1.165, 1.54) is 25.4 Å². The highest BCUT2D eigenvalue weighted by atomic mass is 35.5. The van der Waals surface area contributed by atoms with Gasteiger partial charge in [0.05, 0.1) is 12.1 Å². The van der Waals surface area contributed by atoms with E-state index in [1.54, 1.807) is 23.6 Å². The van der Waals surface area contributed by atoms with Crippen LogP contribution in [0.5, 0.6) is 5.75 Å². The molecule has 1 aliphatic rings. The highest BCUT2D eigenvalue weighted by Gasteiger charge is 2.48. The molecule has 120 valence electrons. The largest absolute Gasteiger partial charge is 0.505 e. The van der Waals surface area contributed by atoms with Gasteiger partial charge in [0, 0.05) is 21.4 Å². The molecule has 0 saturated heterocycles. The van der Waals surface area contributed by atoms with Gasteiger partial charge in [-0.05, 0) is 19.1 Å². The summed E-state index contributed by atoms with van der Waals surface area (Å²) in [5, 5.41) is 22.2. The fraction of sp³-hybridized carbons (Fsp3) is 0.188. The summed E-state index contributed by atoms with van der Waals surface area (Å²) >= 11 is 7.42. The lowest BCUT2D eigenvalue weighted by atomic mass is 9.91. The highest BCUT2D eigenvalue weighted by molar-refractivity contribution is 7.14. The van der Waals surface area contributed by atoms with Crippen molar-refractivity contribution in [3.63, 3.8) is 0 Å².